The molecule has 0 aromatic heterocycles. The van der Waals surface area contributed by atoms with E-state index in [-0.39, 0.29) is 31.1 Å². The first-order valence-corrected chi connectivity index (χ1v) is 14.7. The van der Waals surface area contributed by atoms with Crippen molar-refractivity contribution in [2.45, 2.75) is 79.5 Å². The smallest absolute Gasteiger partial charge is 0.269 e. The summed E-state index contributed by atoms with van der Waals surface area (Å²) in [6.45, 7) is 16.9. The molecule has 0 bridgehead atoms. The molecule has 12 nitrogen and oxygen atoms in total. The Morgan fingerprint density at radius 2 is 1.58 bits per heavy atom. The van der Waals surface area contributed by atoms with Crippen molar-refractivity contribution in [3.05, 3.63) is 35.9 Å². The Hall–Kier alpha value is -3.79. The molecule has 1 aliphatic rings. The van der Waals surface area contributed by atoms with Crippen molar-refractivity contribution >= 4 is 29.7 Å². The quantitative estimate of drug-likeness (QED) is 0.0703. The fraction of sp³-hybridized carbons (Fsp3) is 0.606. The van der Waals surface area contributed by atoms with Gasteiger partial charge in [-0.2, -0.15) is 0 Å². The SMILES string of the molecule is C#C.CC(C)C.CC1(C)CO1.CC[C@@H](C=O)NC(=O)CNC(=O)[C@H](COC)NC(=O)/C(C)=N/OCCOC.Cc1ccccc1. The number of benzene rings is 1. The van der Waals surface area contributed by atoms with Gasteiger partial charge < -0.3 is 39.8 Å². The molecule has 1 aromatic rings. The Kier molecular flexibility index (Phi) is 29.4. The molecule has 0 radical (unpaired) electrons. The average Bonchev–Trinajstić information content (AvgIpc) is 3.71. The largest absolute Gasteiger partial charge is 0.393 e. The van der Waals surface area contributed by atoms with E-state index in [1.165, 1.54) is 26.7 Å². The average molecular weight is 637 g/mol. The molecule has 1 heterocycles. The summed E-state index contributed by atoms with van der Waals surface area (Å²) in [4.78, 5) is 51.5. The van der Waals surface area contributed by atoms with Crippen LogP contribution in [0.5, 0.6) is 0 Å². The molecule has 3 amide bonds. The van der Waals surface area contributed by atoms with Gasteiger partial charge in [0.15, 0.2) is 0 Å². The molecule has 0 aliphatic carbocycles. The third-order valence-electron chi connectivity index (χ3n) is 4.90. The summed E-state index contributed by atoms with van der Waals surface area (Å²) in [6, 6.07) is 8.62. The third-order valence-corrected chi connectivity index (χ3v) is 4.90. The zero-order valence-electron chi connectivity index (χ0n) is 28.8. The molecule has 256 valence electrons. The van der Waals surface area contributed by atoms with E-state index < -0.39 is 29.8 Å². The topological polar surface area (TPSA) is 157 Å². The van der Waals surface area contributed by atoms with Gasteiger partial charge in [-0.25, -0.2) is 0 Å². The highest BCUT2D eigenvalue weighted by Crippen LogP contribution is 2.23. The van der Waals surface area contributed by atoms with E-state index in [1.807, 2.05) is 18.2 Å². The van der Waals surface area contributed by atoms with Gasteiger partial charge in [-0.1, -0.05) is 68.7 Å². The first kappa shape index (κ1) is 45.6. The summed E-state index contributed by atoms with van der Waals surface area (Å²) in [6.07, 6.45) is 9.06. The van der Waals surface area contributed by atoms with Crippen LogP contribution >= 0.6 is 0 Å². The Bertz CT molecular complexity index is 973. The van der Waals surface area contributed by atoms with E-state index in [4.69, 9.17) is 19.0 Å². The van der Waals surface area contributed by atoms with Gasteiger partial charge in [0.1, 0.15) is 24.6 Å². The van der Waals surface area contributed by atoms with E-state index in [2.05, 4.69) is 87.6 Å². The van der Waals surface area contributed by atoms with E-state index in [1.54, 1.807) is 6.92 Å². The number of terminal acetylenes is 1. The standard InChI is InChI=1S/C16H28N4O7.C7H8.C4H8O.C4H10.C2H2/c1-5-12(9-21)18-14(22)8-17-16(24)13(10-26-4)19-15(23)11(2)20-27-7-6-25-3;1-7-5-3-2-4-6-7;1-4(2)3-5-4;1-4(2)3;1-2/h9,12-13H,5-8,10H2,1-4H3,(H,17,24)(H,18,22)(H,19,23);2-6H,1H3;3H2,1-2H3;4H,1-3H3;1-2H/b20-11+;;;;/t12-,13-;;;;/m0..../s1. The van der Waals surface area contributed by atoms with Gasteiger partial charge in [-0.15, -0.1) is 12.8 Å². The van der Waals surface area contributed by atoms with Crippen molar-refractivity contribution < 1.29 is 38.2 Å². The van der Waals surface area contributed by atoms with Crippen molar-refractivity contribution in [1.82, 2.24) is 16.0 Å². The minimum Gasteiger partial charge on any atom is -0.393 e. The number of epoxide rings is 1. The molecule has 1 saturated heterocycles. The number of hydrogen-bond acceptors (Lipinski definition) is 9. The molecule has 1 aliphatic heterocycles. The van der Waals surface area contributed by atoms with Crippen LogP contribution in [-0.4, -0.2) is 94.6 Å². The van der Waals surface area contributed by atoms with E-state index in [9.17, 15) is 19.2 Å². The number of amides is 3. The van der Waals surface area contributed by atoms with Crippen LogP contribution in [0.2, 0.25) is 0 Å². The van der Waals surface area contributed by atoms with E-state index in [0.29, 0.717) is 19.3 Å². The molecule has 2 rings (SSSR count). The second kappa shape index (κ2) is 29.0. The number of methoxy groups -OCH3 is 2. The molecular formula is C33H56N4O8. The Balaban J connectivity index is -0.000000777. The Labute approximate surface area is 270 Å². The van der Waals surface area contributed by atoms with Crippen LogP contribution < -0.4 is 16.0 Å². The number of carbonyl (C=O) groups excluding carboxylic acids is 4. The lowest BCUT2D eigenvalue weighted by Gasteiger charge is -2.18. The monoisotopic (exact) mass is 636 g/mol. The van der Waals surface area contributed by atoms with Crippen LogP contribution in [0.15, 0.2) is 35.5 Å². The number of hydrogen-bond donors (Lipinski definition) is 3. The molecule has 0 spiro atoms. The minimum absolute atomic E-state index is 0.00881. The van der Waals surface area contributed by atoms with Gasteiger partial charge in [-0.05, 0) is 40.0 Å². The third kappa shape index (κ3) is 31.4. The summed E-state index contributed by atoms with van der Waals surface area (Å²) >= 11 is 0. The molecule has 3 N–H and O–H groups in total. The predicted octanol–water partition coefficient (Wildman–Crippen LogP) is 3.07. The van der Waals surface area contributed by atoms with Crippen LogP contribution in [0, 0.1) is 25.7 Å². The minimum atomic E-state index is -1.03. The van der Waals surface area contributed by atoms with Gasteiger partial charge in [0.25, 0.3) is 5.91 Å². The summed E-state index contributed by atoms with van der Waals surface area (Å²) in [5.41, 5.74) is 1.58. The molecule has 45 heavy (non-hydrogen) atoms. The van der Waals surface area contributed by atoms with Gasteiger partial charge in [0, 0.05) is 14.2 Å². The lowest BCUT2D eigenvalue weighted by molar-refractivity contribution is -0.130. The highest BCUT2D eigenvalue weighted by atomic mass is 16.6. The van der Waals surface area contributed by atoms with Gasteiger partial charge >= 0.3 is 0 Å². The maximum atomic E-state index is 12.2. The highest BCUT2D eigenvalue weighted by molar-refractivity contribution is 6.38. The summed E-state index contributed by atoms with van der Waals surface area (Å²) in [7, 11) is 2.87. The van der Waals surface area contributed by atoms with Crippen LogP contribution in [0.3, 0.4) is 0 Å². The van der Waals surface area contributed by atoms with Crippen LogP contribution in [0.25, 0.3) is 0 Å². The van der Waals surface area contributed by atoms with E-state index >= 15 is 0 Å². The van der Waals surface area contributed by atoms with Gasteiger partial charge in [-0.3, -0.25) is 14.4 Å². The number of oxime groups is 1. The van der Waals surface area contributed by atoms with Crippen molar-refractivity contribution in [3.63, 3.8) is 0 Å². The lowest BCUT2D eigenvalue weighted by atomic mass is 10.2. The van der Waals surface area contributed by atoms with Crippen molar-refractivity contribution in [3.8, 4) is 12.8 Å². The predicted molar refractivity (Wildman–Crippen MR) is 178 cm³/mol. The maximum absolute atomic E-state index is 12.2. The molecule has 0 saturated carbocycles. The van der Waals surface area contributed by atoms with E-state index in [0.717, 1.165) is 12.5 Å². The molecule has 12 heteroatoms. The number of aryl methyl sites for hydroxylation is 1. The first-order valence-electron chi connectivity index (χ1n) is 14.7. The van der Waals surface area contributed by atoms with Crippen LogP contribution in [-0.2, 0) is 38.2 Å². The Morgan fingerprint density at radius 1 is 1.04 bits per heavy atom. The summed E-state index contributed by atoms with van der Waals surface area (Å²) in [5, 5.41) is 10.9. The van der Waals surface area contributed by atoms with Crippen LogP contribution in [0.1, 0.15) is 60.5 Å². The summed E-state index contributed by atoms with van der Waals surface area (Å²) in [5.74, 6) is -0.928. The fourth-order valence-electron chi connectivity index (χ4n) is 2.38. The number of ether oxygens (including phenoxy) is 3. The molecule has 0 unspecified atom stereocenters. The lowest BCUT2D eigenvalue weighted by Crippen LogP contribution is -2.52. The molecule has 1 fully saturated rings. The van der Waals surface area contributed by atoms with Crippen molar-refractivity contribution in [2.75, 3.05) is 47.2 Å². The zero-order chi connectivity index (χ0) is 35.3. The number of nitrogens with one attached hydrogen (secondary N) is 3. The molecule has 1 aromatic carbocycles. The Morgan fingerprint density at radius 3 is 1.96 bits per heavy atom. The number of aldehydes is 1. The molecule has 2 atom stereocenters. The second-order valence-electron chi connectivity index (χ2n) is 10.9. The number of carbonyl (C=O) groups is 4. The molecular weight excluding hydrogens is 580 g/mol. The normalized spacial score (nSPS) is 13.5. The fourth-order valence-corrected chi connectivity index (χ4v) is 2.38. The zero-order valence-corrected chi connectivity index (χ0v) is 28.8. The maximum Gasteiger partial charge on any atom is 0.269 e. The highest BCUT2D eigenvalue weighted by Gasteiger charge is 2.32. The number of nitrogens with zero attached hydrogens (tertiary/aromatic N) is 1. The van der Waals surface area contributed by atoms with Gasteiger partial charge in [0.05, 0.1) is 38.0 Å². The first-order chi connectivity index (χ1) is 21.2. The number of rotatable bonds is 14. The van der Waals surface area contributed by atoms with Crippen LogP contribution in [0.4, 0.5) is 0 Å². The van der Waals surface area contributed by atoms with Gasteiger partial charge in [0.2, 0.25) is 11.8 Å². The van der Waals surface area contributed by atoms with Crippen molar-refractivity contribution in [2.24, 2.45) is 11.1 Å². The second-order valence-corrected chi connectivity index (χ2v) is 10.9. The van der Waals surface area contributed by atoms with Crippen molar-refractivity contribution in [1.29, 1.82) is 0 Å². The summed E-state index contributed by atoms with van der Waals surface area (Å²) < 4.78 is 14.6.